The third-order valence-corrected chi connectivity index (χ3v) is 7.67. The zero-order chi connectivity index (χ0) is 33.2. The molecule has 11 nitrogen and oxygen atoms in total. The van der Waals surface area contributed by atoms with Gasteiger partial charge in [0.05, 0.1) is 6.61 Å². The number of amides is 4. The van der Waals surface area contributed by atoms with E-state index in [4.69, 9.17) is 15.2 Å². The van der Waals surface area contributed by atoms with Crippen LogP contribution < -0.4 is 21.7 Å². The zero-order valence-electron chi connectivity index (χ0n) is 26.2. The standard InChI is InChI=1S/C33H44N4O7S/c1-5-43-29(39)19-17-26(16-18-28(34)38)35-31(40)27(20-24-12-8-6-9-13-24)36-32(41)30(23(4)45-22(2)3)37-33(42)44-21-25-14-10-7-11-15-25/h6-15,17,19,22-23,26-27,30H,5,16,18,20-21H2,1-4H3,(H2,34,38)(H,35,40)(H,36,41)(H,37,42)/b19-17+/t23-,26-,27-,30-/m0/s1. The van der Waals surface area contributed by atoms with Crippen molar-refractivity contribution in [3.63, 3.8) is 0 Å². The summed E-state index contributed by atoms with van der Waals surface area (Å²) in [6.45, 7) is 7.64. The Hall–Kier alpha value is -4.32. The van der Waals surface area contributed by atoms with Crippen molar-refractivity contribution >= 4 is 41.5 Å². The number of hydrogen-bond acceptors (Lipinski definition) is 8. The van der Waals surface area contributed by atoms with E-state index in [1.807, 2.05) is 81.4 Å². The number of ether oxygens (including phenoxy) is 2. The average Bonchev–Trinajstić information content (AvgIpc) is 3.00. The molecule has 0 saturated carbocycles. The molecule has 244 valence electrons. The van der Waals surface area contributed by atoms with Crippen LogP contribution in [0.4, 0.5) is 4.79 Å². The third kappa shape index (κ3) is 14.8. The Balaban J connectivity index is 2.27. The van der Waals surface area contributed by atoms with Crippen molar-refractivity contribution in [1.82, 2.24) is 16.0 Å². The summed E-state index contributed by atoms with van der Waals surface area (Å²) < 4.78 is 10.3. The van der Waals surface area contributed by atoms with E-state index < -0.39 is 47.9 Å². The van der Waals surface area contributed by atoms with Crippen LogP contribution in [0.3, 0.4) is 0 Å². The van der Waals surface area contributed by atoms with Crippen LogP contribution >= 0.6 is 11.8 Å². The number of esters is 1. The first kappa shape index (κ1) is 36.9. The minimum Gasteiger partial charge on any atom is -0.463 e. The summed E-state index contributed by atoms with van der Waals surface area (Å²) in [6.07, 6.45) is 2.05. The van der Waals surface area contributed by atoms with Crippen molar-refractivity contribution in [1.29, 1.82) is 0 Å². The predicted octanol–water partition coefficient (Wildman–Crippen LogP) is 3.41. The highest BCUT2D eigenvalue weighted by atomic mass is 32.2. The van der Waals surface area contributed by atoms with Crippen LogP contribution in [0.15, 0.2) is 72.8 Å². The van der Waals surface area contributed by atoms with Crippen molar-refractivity contribution in [3.8, 4) is 0 Å². The van der Waals surface area contributed by atoms with Crippen molar-refractivity contribution < 1.29 is 33.4 Å². The normalized spacial score (nSPS) is 13.7. The first-order chi connectivity index (χ1) is 21.5. The maximum absolute atomic E-state index is 13.8. The molecule has 5 N–H and O–H groups in total. The van der Waals surface area contributed by atoms with E-state index in [-0.39, 0.29) is 43.0 Å². The number of thioether (sulfide) groups is 1. The molecule has 0 aliphatic heterocycles. The highest BCUT2D eigenvalue weighted by Crippen LogP contribution is 2.20. The molecule has 4 amide bonds. The van der Waals surface area contributed by atoms with Crippen molar-refractivity contribution in [2.24, 2.45) is 5.73 Å². The van der Waals surface area contributed by atoms with Gasteiger partial charge >= 0.3 is 12.1 Å². The molecule has 0 aliphatic rings. The molecule has 45 heavy (non-hydrogen) atoms. The van der Waals surface area contributed by atoms with Crippen LogP contribution in [0, 0.1) is 0 Å². The summed E-state index contributed by atoms with van der Waals surface area (Å²) in [5, 5.41) is 8.07. The van der Waals surface area contributed by atoms with Crippen LogP contribution in [-0.4, -0.2) is 65.0 Å². The second-order valence-corrected chi connectivity index (χ2v) is 12.5. The van der Waals surface area contributed by atoms with Crippen LogP contribution in [0.2, 0.25) is 0 Å². The SMILES string of the molecule is CCOC(=O)/C=C/[C@H](CCC(N)=O)NC(=O)[C@H](Cc1ccccc1)NC(=O)[C@@H](NC(=O)OCc1ccccc1)[C@H](C)SC(C)C. The third-order valence-electron chi connectivity index (χ3n) is 6.42. The van der Waals surface area contributed by atoms with Crippen molar-refractivity contribution in [3.05, 3.63) is 83.9 Å². The Morgan fingerprint density at radius 1 is 0.844 bits per heavy atom. The van der Waals surface area contributed by atoms with Gasteiger partial charge in [-0.1, -0.05) is 87.5 Å². The van der Waals surface area contributed by atoms with Gasteiger partial charge in [0.2, 0.25) is 17.7 Å². The molecule has 0 heterocycles. The molecular formula is C33H44N4O7S. The first-order valence-corrected chi connectivity index (χ1v) is 15.8. The molecule has 4 atom stereocenters. The topological polar surface area (TPSA) is 166 Å². The Morgan fingerprint density at radius 2 is 1.47 bits per heavy atom. The monoisotopic (exact) mass is 640 g/mol. The molecule has 0 radical (unpaired) electrons. The van der Waals surface area contributed by atoms with E-state index in [0.29, 0.717) is 0 Å². The number of hydrogen-bond donors (Lipinski definition) is 4. The van der Waals surface area contributed by atoms with Gasteiger partial charge in [0.1, 0.15) is 18.7 Å². The molecule has 0 aromatic heterocycles. The summed E-state index contributed by atoms with van der Waals surface area (Å²) in [7, 11) is 0. The van der Waals surface area contributed by atoms with Crippen LogP contribution in [0.1, 0.15) is 51.7 Å². The minimum absolute atomic E-state index is 0.0256. The number of alkyl carbamates (subject to hydrolysis) is 1. The number of rotatable bonds is 18. The lowest BCUT2D eigenvalue weighted by molar-refractivity contribution is -0.137. The van der Waals surface area contributed by atoms with Gasteiger partial charge in [-0.25, -0.2) is 9.59 Å². The summed E-state index contributed by atoms with van der Waals surface area (Å²) >= 11 is 1.49. The molecule has 0 saturated heterocycles. The molecule has 0 spiro atoms. The number of carbonyl (C=O) groups is 5. The van der Waals surface area contributed by atoms with Crippen molar-refractivity contribution in [2.45, 2.75) is 82.2 Å². The largest absolute Gasteiger partial charge is 0.463 e. The molecule has 0 aliphatic carbocycles. The van der Waals surface area contributed by atoms with Gasteiger partial charge in [-0.15, -0.1) is 0 Å². The quantitative estimate of drug-likeness (QED) is 0.142. The van der Waals surface area contributed by atoms with Crippen LogP contribution in [0.5, 0.6) is 0 Å². The molecular weight excluding hydrogens is 596 g/mol. The lowest BCUT2D eigenvalue weighted by atomic mass is 10.0. The maximum Gasteiger partial charge on any atom is 0.408 e. The summed E-state index contributed by atoms with van der Waals surface area (Å²) in [6, 6.07) is 15.4. The lowest BCUT2D eigenvalue weighted by Gasteiger charge is -2.28. The number of primary amides is 1. The van der Waals surface area contributed by atoms with E-state index in [0.717, 1.165) is 11.1 Å². The van der Waals surface area contributed by atoms with Gasteiger partial charge in [0.15, 0.2) is 0 Å². The Labute approximate surface area is 269 Å². The number of carbonyl (C=O) groups excluding carboxylic acids is 5. The van der Waals surface area contributed by atoms with E-state index in [9.17, 15) is 24.0 Å². The minimum atomic E-state index is -1.06. The maximum atomic E-state index is 13.8. The fourth-order valence-electron chi connectivity index (χ4n) is 4.30. The summed E-state index contributed by atoms with van der Waals surface area (Å²) in [5.41, 5.74) is 6.90. The van der Waals surface area contributed by atoms with Gasteiger partial charge < -0.3 is 31.2 Å². The van der Waals surface area contributed by atoms with E-state index in [1.54, 1.807) is 6.92 Å². The fourth-order valence-corrected chi connectivity index (χ4v) is 5.51. The van der Waals surface area contributed by atoms with Gasteiger partial charge in [-0.05, 0) is 29.7 Å². The first-order valence-electron chi connectivity index (χ1n) is 14.9. The molecule has 2 rings (SSSR count). The Bertz CT molecular complexity index is 1270. The van der Waals surface area contributed by atoms with Crippen LogP contribution in [0.25, 0.3) is 0 Å². The summed E-state index contributed by atoms with van der Waals surface area (Å²) in [4.78, 5) is 63.6. The van der Waals surface area contributed by atoms with Gasteiger partial charge in [0.25, 0.3) is 0 Å². The lowest BCUT2D eigenvalue weighted by Crippen LogP contribution is -2.57. The van der Waals surface area contributed by atoms with Gasteiger partial charge in [0, 0.05) is 30.2 Å². The number of nitrogens with two attached hydrogens (primary N) is 1. The number of benzene rings is 2. The molecule has 0 unspecified atom stereocenters. The number of nitrogens with one attached hydrogen (secondary N) is 3. The fraction of sp³-hybridized carbons (Fsp3) is 0.424. The van der Waals surface area contributed by atoms with E-state index in [2.05, 4.69) is 16.0 Å². The molecule has 0 bridgehead atoms. The second kappa shape index (κ2) is 19.9. The Kier molecular flexibility index (Phi) is 16.3. The van der Waals surface area contributed by atoms with Crippen molar-refractivity contribution in [2.75, 3.05) is 6.61 Å². The smallest absolute Gasteiger partial charge is 0.408 e. The molecule has 12 heteroatoms. The highest BCUT2D eigenvalue weighted by molar-refractivity contribution is 8.00. The zero-order valence-corrected chi connectivity index (χ0v) is 27.0. The van der Waals surface area contributed by atoms with Gasteiger partial charge in [-0.3, -0.25) is 14.4 Å². The molecule has 2 aromatic carbocycles. The molecule has 0 fully saturated rings. The summed E-state index contributed by atoms with van der Waals surface area (Å²) in [5.74, 6) is -2.30. The Morgan fingerprint density at radius 3 is 2.04 bits per heavy atom. The molecule has 2 aromatic rings. The van der Waals surface area contributed by atoms with E-state index >= 15 is 0 Å². The van der Waals surface area contributed by atoms with Crippen LogP contribution in [-0.2, 0) is 41.7 Å². The predicted molar refractivity (Wildman–Crippen MR) is 174 cm³/mol. The highest BCUT2D eigenvalue weighted by Gasteiger charge is 2.32. The second-order valence-electron chi connectivity index (χ2n) is 10.6. The van der Waals surface area contributed by atoms with E-state index in [1.165, 1.54) is 23.9 Å². The van der Waals surface area contributed by atoms with Gasteiger partial charge in [-0.2, -0.15) is 11.8 Å². The average molecular weight is 641 g/mol.